The summed E-state index contributed by atoms with van der Waals surface area (Å²) in [5.74, 6) is -0.199. The minimum Gasteiger partial charge on any atom is -0.383 e. The zero-order valence-electron chi connectivity index (χ0n) is 13.3. The second kappa shape index (κ2) is 8.12. The number of nitrogens with two attached hydrogens (primary N) is 1. The summed E-state index contributed by atoms with van der Waals surface area (Å²) in [7, 11) is 1.53. The van der Waals surface area contributed by atoms with Crippen LogP contribution in [0.2, 0.25) is 0 Å². The Morgan fingerprint density at radius 1 is 1.45 bits per heavy atom. The van der Waals surface area contributed by atoms with Gasteiger partial charge in [0.2, 0.25) is 5.91 Å². The van der Waals surface area contributed by atoms with Gasteiger partial charge in [-0.05, 0) is 24.1 Å². The number of hydrogen-bond donors (Lipinski definition) is 2. The second-order valence-corrected chi connectivity index (χ2v) is 5.51. The van der Waals surface area contributed by atoms with E-state index in [9.17, 15) is 4.79 Å². The minimum absolute atomic E-state index is 0.199. The highest BCUT2D eigenvalue weighted by Crippen LogP contribution is 2.23. The average Bonchev–Trinajstić information content (AvgIpc) is 2.54. The van der Waals surface area contributed by atoms with Crippen LogP contribution in [-0.2, 0) is 20.8 Å². The summed E-state index contributed by atoms with van der Waals surface area (Å²) >= 11 is 0. The van der Waals surface area contributed by atoms with Crippen molar-refractivity contribution in [1.82, 2.24) is 5.32 Å². The molecule has 1 heterocycles. The molecule has 1 atom stereocenters. The molecule has 1 aromatic rings. The first-order valence-corrected chi connectivity index (χ1v) is 7.56. The molecule has 1 amide bonds. The normalized spacial score (nSPS) is 16.4. The summed E-state index contributed by atoms with van der Waals surface area (Å²) in [5, 5.41) is 2.88. The van der Waals surface area contributed by atoms with Crippen LogP contribution in [0.3, 0.4) is 0 Å². The second-order valence-electron chi connectivity index (χ2n) is 5.51. The summed E-state index contributed by atoms with van der Waals surface area (Å²) in [4.78, 5) is 14.2. The summed E-state index contributed by atoms with van der Waals surface area (Å²) < 4.78 is 10.3. The lowest BCUT2D eigenvalue weighted by Gasteiger charge is -2.31. The molecule has 1 aliphatic heterocycles. The zero-order chi connectivity index (χ0) is 15.9. The molecule has 0 radical (unpaired) electrons. The number of morpholine rings is 1. The van der Waals surface area contributed by atoms with Crippen LogP contribution < -0.4 is 16.0 Å². The molecule has 1 saturated heterocycles. The SMILES string of the molecule is COCC(N)C(=O)NCc1ccc(C)cc1N1CCOCC1. The Bertz CT molecular complexity index is 501. The first-order chi connectivity index (χ1) is 10.6. The maximum absolute atomic E-state index is 11.9. The van der Waals surface area contributed by atoms with Crippen LogP contribution in [-0.4, -0.2) is 52.0 Å². The van der Waals surface area contributed by atoms with Gasteiger partial charge in [-0.2, -0.15) is 0 Å². The van der Waals surface area contributed by atoms with Gasteiger partial charge < -0.3 is 25.4 Å². The van der Waals surface area contributed by atoms with Crippen LogP contribution in [0.1, 0.15) is 11.1 Å². The van der Waals surface area contributed by atoms with Gasteiger partial charge in [0.05, 0.1) is 19.8 Å². The number of ether oxygens (including phenoxy) is 2. The Labute approximate surface area is 131 Å². The average molecular weight is 307 g/mol. The van der Waals surface area contributed by atoms with Crippen LogP contribution in [0.4, 0.5) is 5.69 Å². The molecule has 3 N–H and O–H groups in total. The van der Waals surface area contributed by atoms with E-state index in [1.165, 1.54) is 12.7 Å². The zero-order valence-corrected chi connectivity index (χ0v) is 13.3. The monoisotopic (exact) mass is 307 g/mol. The van der Waals surface area contributed by atoms with E-state index in [2.05, 4.69) is 35.3 Å². The predicted octanol–water partition coefficient (Wildman–Crippen LogP) is 0.422. The molecule has 0 aromatic heterocycles. The van der Waals surface area contributed by atoms with Crippen LogP contribution in [0, 0.1) is 6.92 Å². The molecule has 1 fully saturated rings. The fourth-order valence-corrected chi connectivity index (χ4v) is 2.49. The minimum atomic E-state index is -0.637. The van der Waals surface area contributed by atoms with Crippen molar-refractivity contribution in [1.29, 1.82) is 0 Å². The summed E-state index contributed by atoms with van der Waals surface area (Å²) in [5.41, 5.74) is 9.18. The number of amides is 1. The van der Waals surface area contributed by atoms with E-state index in [0.29, 0.717) is 6.54 Å². The van der Waals surface area contributed by atoms with Gasteiger partial charge in [0.25, 0.3) is 0 Å². The fourth-order valence-electron chi connectivity index (χ4n) is 2.49. The molecular weight excluding hydrogens is 282 g/mol. The molecule has 1 aromatic carbocycles. The van der Waals surface area contributed by atoms with Gasteiger partial charge >= 0.3 is 0 Å². The molecule has 2 rings (SSSR count). The number of carbonyl (C=O) groups is 1. The van der Waals surface area contributed by atoms with E-state index in [1.807, 2.05) is 0 Å². The van der Waals surface area contributed by atoms with Crippen molar-refractivity contribution in [2.24, 2.45) is 5.73 Å². The largest absolute Gasteiger partial charge is 0.383 e. The molecule has 1 unspecified atom stereocenters. The Morgan fingerprint density at radius 3 is 2.86 bits per heavy atom. The van der Waals surface area contributed by atoms with Crippen molar-refractivity contribution < 1.29 is 14.3 Å². The maximum Gasteiger partial charge on any atom is 0.239 e. The molecule has 0 aliphatic carbocycles. The molecule has 6 heteroatoms. The van der Waals surface area contributed by atoms with E-state index >= 15 is 0 Å². The standard InChI is InChI=1S/C16H25N3O3/c1-12-3-4-13(10-18-16(20)14(17)11-21-2)15(9-12)19-5-7-22-8-6-19/h3-4,9,14H,5-8,10-11,17H2,1-2H3,(H,18,20). The highest BCUT2D eigenvalue weighted by molar-refractivity contribution is 5.81. The maximum atomic E-state index is 11.9. The first-order valence-electron chi connectivity index (χ1n) is 7.56. The summed E-state index contributed by atoms with van der Waals surface area (Å²) in [6.07, 6.45) is 0. The summed E-state index contributed by atoms with van der Waals surface area (Å²) in [6, 6.07) is 5.63. The Balaban J connectivity index is 2.05. The van der Waals surface area contributed by atoms with Gasteiger partial charge in [-0.25, -0.2) is 0 Å². The third-order valence-corrected chi connectivity index (χ3v) is 3.73. The lowest BCUT2D eigenvalue weighted by molar-refractivity contribution is -0.123. The van der Waals surface area contributed by atoms with Gasteiger partial charge in [0.1, 0.15) is 6.04 Å². The Hall–Kier alpha value is -1.63. The number of aryl methyl sites for hydroxylation is 1. The van der Waals surface area contributed by atoms with E-state index in [-0.39, 0.29) is 12.5 Å². The van der Waals surface area contributed by atoms with Crippen molar-refractivity contribution in [2.45, 2.75) is 19.5 Å². The third-order valence-electron chi connectivity index (χ3n) is 3.73. The topological polar surface area (TPSA) is 76.8 Å². The number of rotatable bonds is 6. The molecule has 0 bridgehead atoms. The number of anilines is 1. The van der Waals surface area contributed by atoms with E-state index < -0.39 is 6.04 Å². The number of nitrogens with zero attached hydrogens (tertiary/aromatic N) is 1. The van der Waals surface area contributed by atoms with Crippen molar-refractivity contribution in [3.63, 3.8) is 0 Å². The predicted molar refractivity (Wildman–Crippen MR) is 85.9 cm³/mol. The third kappa shape index (κ3) is 4.43. The number of nitrogens with one attached hydrogen (secondary N) is 1. The van der Waals surface area contributed by atoms with Gasteiger partial charge in [-0.15, -0.1) is 0 Å². The fraction of sp³-hybridized carbons (Fsp3) is 0.562. The molecule has 1 aliphatic rings. The van der Waals surface area contributed by atoms with Crippen molar-refractivity contribution in [3.8, 4) is 0 Å². The smallest absolute Gasteiger partial charge is 0.239 e. The van der Waals surface area contributed by atoms with Crippen molar-refractivity contribution in [2.75, 3.05) is 44.9 Å². The first kappa shape index (κ1) is 16.7. The number of hydrogen-bond acceptors (Lipinski definition) is 5. The highest BCUT2D eigenvalue weighted by Gasteiger charge is 2.17. The van der Waals surface area contributed by atoms with Gasteiger partial charge in [-0.1, -0.05) is 12.1 Å². The van der Waals surface area contributed by atoms with Crippen LogP contribution in [0.5, 0.6) is 0 Å². The molecule has 122 valence electrons. The Kier molecular flexibility index (Phi) is 6.18. The molecule has 0 spiro atoms. The van der Waals surface area contributed by atoms with Crippen LogP contribution >= 0.6 is 0 Å². The van der Waals surface area contributed by atoms with E-state index in [1.54, 1.807) is 0 Å². The lowest BCUT2D eigenvalue weighted by Crippen LogP contribution is -2.43. The quantitative estimate of drug-likeness (QED) is 0.796. The molecule has 0 saturated carbocycles. The van der Waals surface area contributed by atoms with Gasteiger partial charge in [0, 0.05) is 32.4 Å². The van der Waals surface area contributed by atoms with E-state index in [4.69, 9.17) is 15.2 Å². The number of carbonyl (C=O) groups excluding carboxylic acids is 1. The van der Waals surface area contributed by atoms with Gasteiger partial charge in [0.15, 0.2) is 0 Å². The van der Waals surface area contributed by atoms with Gasteiger partial charge in [-0.3, -0.25) is 4.79 Å². The number of methoxy groups -OCH3 is 1. The Morgan fingerprint density at radius 2 is 2.18 bits per heavy atom. The van der Waals surface area contributed by atoms with E-state index in [0.717, 1.165) is 37.6 Å². The molecular formula is C16H25N3O3. The number of benzene rings is 1. The lowest BCUT2D eigenvalue weighted by atomic mass is 10.1. The molecule has 6 nitrogen and oxygen atoms in total. The molecule has 22 heavy (non-hydrogen) atoms. The summed E-state index contributed by atoms with van der Waals surface area (Å²) in [6.45, 7) is 5.96. The highest BCUT2D eigenvalue weighted by atomic mass is 16.5. The van der Waals surface area contributed by atoms with Crippen LogP contribution in [0.25, 0.3) is 0 Å². The van der Waals surface area contributed by atoms with Crippen LogP contribution in [0.15, 0.2) is 18.2 Å². The van der Waals surface area contributed by atoms with Crippen molar-refractivity contribution >= 4 is 11.6 Å². The van der Waals surface area contributed by atoms with Crippen molar-refractivity contribution in [3.05, 3.63) is 29.3 Å².